The maximum absolute atomic E-state index is 4.27. The summed E-state index contributed by atoms with van der Waals surface area (Å²) in [6.07, 6.45) is 10.8. The van der Waals surface area contributed by atoms with Gasteiger partial charge in [-0.1, -0.05) is 43.5 Å². The van der Waals surface area contributed by atoms with Crippen molar-refractivity contribution in [3.8, 4) is 0 Å². The van der Waals surface area contributed by atoms with E-state index >= 15 is 0 Å². The third-order valence-corrected chi connectivity index (χ3v) is 4.79. The molecule has 4 nitrogen and oxygen atoms in total. The quantitative estimate of drug-likeness (QED) is 0.805. The number of allylic oxidation sites excluding steroid dienone is 1. The predicted octanol–water partition coefficient (Wildman–Crippen LogP) is 3.78. The van der Waals surface area contributed by atoms with Crippen LogP contribution in [0.15, 0.2) is 30.3 Å². The van der Waals surface area contributed by atoms with Crippen molar-refractivity contribution in [1.82, 2.24) is 15.4 Å². The molecular weight excluding hydrogens is 284 g/mol. The monoisotopic (exact) mass is 306 g/mol. The summed E-state index contributed by atoms with van der Waals surface area (Å²) in [4.78, 5) is 0. The fourth-order valence-electron chi connectivity index (χ4n) is 3.50. The second kappa shape index (κ2) is 6.49. The Kier molecular flexibility index (Phi) is 4.05. The number of fused-ring (bicyclic) bond motifs is 4. The second-order valence-corrected chi connectivity index (χ2v) is 6.46. The van der Waals surface area contributed by atoms with Gasteiger partial charge < -0.3 is 5.32 Å². The molecule has 1 aromatic heterocycles. The number of benzene rings is 1. The van der Waals surface area contributed by atoms with E-state index in [0.29, 0.717) is 0 Å². The SMILES string of the molecule is C1=C2c3cc(nnn3)NCCCCCCCc3ccc(c2c3)C1. The number of hydrogen-bond donors (Lipinski definition) is 1. The van der Waals surface area contributed by atoms with Crippen LogP contribution in [0.1, 0.15) is 54.5 Å². The molecule has 0 radical (unpaired) electrons. The van der Waals surface area contributed by atoms with Gasteiger partial charge in [0.15, 0.2) is 5.82 Å². The normalized spacial score (nSPS) is 17.7. The molecule has 4 bridgehead atoms. The van der Waals surface area contributed by atoms with E-state index in [4.69, 9.17) is 0 Å². The zero-order chi connectivity index (χ0) is 15.5. The van der Waals surface area contributed by atoms with Crippen molar-refractivity contribution in [1.29, 1.82) is 0 Å². The minimum Gasteiger partial charge on any atom is -0.368 e. The second-order valence-electron chi connectivity index (χ2n) is 6.46. The Morgan fingerprint density at radius 3 is 2.83 bits per heavy atom. The average molecular weight is 306 g/mol. The molecule has 0 spiro atoms. The molecule has 0 unspecified atom stereocenters. The van der Waals surface area contributed by atoms with E-state index in [0.717, 1.165) is 24.5 Å². The molecule has 4 rings (SSSR count). The smallest absolute Gasteiger partial charge is 0.152 e. The van der Waals surface area contributed by atoms with Crippen LogP contribution in [-0.2, 0) is 12.8 Å². The maximum Gasteiger partial charge on any atom is 0.152 e. The van der Waals surface area contributed by atoms with Crippen molar-refractivity contribution in [3.63, 3.8) is 0 Å². The first-order valence-electron chi connectivity index (χ1n) is 8.67. The summed E-state index contributed by atoms with van der Waals surface area (Å²) in [6, 6.07) is 8.95. The first-order chi connectivity index (χ1) is 11.4. The summed E-state index contributed by atoms with van der Waals surface area (Å²) in [5.74, 6) is 0.829. The number of anilines is 1. The number of rotatable bonds is 0. The van der Waals surface area contributed by atoms with Crippen molar-refractivity contribution in [2.75, 3.05) is 11.9 Å². The molecule has 0 fully saturated rings. The molecule has 0 saturated carbocycles. The zero-order valence-electron chi connectivity index (χ0n) is 13.4. The molecule has 2 aromatic rings. The number of aromatic nitrogens is 3. The Morgan fingerprint density at radius 2 is 1.83 bits per heavy atom. The standard InChI is InChI=1S/C19H22N4/c1-2-4-6-14-7-8-15-9-10-16(17(15)12-14)18-13-19(22-23-21-18)20-11-5-3-1/h7-8,10,12-13H,1-6,9,11H2,(H,20,21,22). The molecule has 1 aliphatic carbocycles. The summed E-state index contributed by atoms with van der Waals surface area (Å²) in [5.41, 5.74) is 6.28. The van der Waals surface area contributed by atoms with Crippen LogP contribution in [0.4, 0.5) is 5.82 Å². The lowest BCUT2D eigenvalue weighted by Gasteiger charge is -2.09. The topological polar surface area (TPSA) is 50.7 Å². The van der Waals surface area contributed by atoms with E-state index in [9.17, 15) is 0 Å². The van der Waals surface area contributed by atoms with Crippen molar-refractivity contribution in [3.05, 3.63) is 52.7 Å². The highest BCUT2D eigenvalue weighted by atomic mass is 15.3. The minimum atomic E-state index is 0.829. The van der Waals surface area contributed by atoms with Crippen LogP contribution in [0.5, 0.6) is 0 Å². The van der Waals surface area contributed by atoms with Crippen molar-refractivity contribution in [2.24, 2.45) is 0 Å². The third-order valence-electron chi connectivity index (χ3n) is 4.79. The van der Waals surface area contributed by atoms with E-state index in [1.807, 2.05) is 6.07 Å². The molecule has 0 saturated heterocycles. The Labute approximate surface area is 137 Å². The molecule has 1 aromatic carbocycles. The van der Waals surface area contributed by atoms with E-state index in [1.165, 1.54) is 60.8 Å². The maximum atomic E-state index is 4.27. The van der Waals surface area contributed by atoms with Gasteiger partial charge in [-0.15, -0.1) is 10.2 Å². The highest BCUT2D eigenvalue weighted by molar-refractivity contribution is 5.83. The van der Waals surface area contributed by atoms with E-state index in [1.54, 1.807) is 0 Å². The highest BCUT2D eigenvalue weighted by Crippen LogP contribution is 2.33. The summed E-state index contributed by atoms with van der Waals surface area (Å²) in [6.45, 7) is 0.955. The van der Waals surface area contributed by atoms with Crippen LogP contribution in [0.2, 0.25) is 0 Å². The lowest BCUT2D eigenvalue weighted by atomic mass is 9.97. The minimum absolute atomic E-state index is 0.829. The highest BCUT2D eigenvalue weighted by Gasteiger charge is 2.18. The first kappa shape index (κ1) is 14.4. The molecule has 2 heterocycles. The number of nitrogens with one attached hydrogen (secondary N) is 1. The van der Waals surface area contributed by atoms with E-state index in [-0.39, 0.29) is 0 Å². The van der Waals surface area contributed by atoms with E-state index in [2.05, 4.69) is 45.0 Å². The first-order valence-corrected chi connectivity index (χ1v) is 8.67. The molecule has 4 heteroatoms. The average Bonchev–Trinajstić information content (AvgIpc) is 3.00. The lowest BCUT2D eigenvalue weighted by molar-refractivity contribution is 0.623. The van der Waals surface area contributed by atoms with Gasteiger partial charge in [0.2, 0.25) is 0 Å². The molecule has 118 valence electrons. The van der Waals surface area contributed by atoms with Crippen molar-refractivity contribution in [2.45, 2.75) is 44.9 Å². The van der Waals surface area contributed by atoms with Gasteiger partial charge in [-0.3, -0.25) is 0 Å². The van der Waals surface area contributed by atoms with Crippen LogP contribution < -0.4 is 5.32 Å². The van der Waals surface area contributed by atoms with Crippen LogP contribution >= 0.6 is 0 Å². The molecule has 1 N–H and O–H groups in total. The van der Waals surface area contributed by atoms with Crippen molar-refractivity contribution >= 4 is 11.4 Å². The number of nitrogens with zero attached hydrogens (tertiary/aromatic N) is 3. The van der Waals surface area contributed by atoms with Crippen molar-refractivity contribution < 1.29 is 0 Å². The van der Waals surface area contributed by atoms with Gasteiger partial charge >= 0.3 is 0 Å². The zero-order valence-corrected chi connectivity index (χ0v) is 13.4. The molecular formula is C19H22N4. The summed E-state index contributed by atoms with van der Waals surface area (Å²) in [5, 5.41) is 15.7. The number of aryl methyl sites for hydroxylation is 1. The van der Waals surface area contributed by atoms with Crippen LogP contribution in [0.25, 0.3) is 5.57 Å². The van der Waals surface area contributed by atoms with E-state index < -0.39 is 0 Å². The van der Waals surface area contributed by atoms with Gasteiger partial charge in [0.25, 0.3) is 0 Å². The molecule has 2 aliphatic rings. The summed E-state index contributed by atoms with van der Waals surface area (Å²) < 4.78 is 0. The van der Waals surface area contributed by atoms with Crippen LogP contribution in [-0.4, -0.2) is 22.0 Å². The molecule has 1 aliphatic heterocycles. The summed E-state index contributed by atoms with van der Waals surface area (Å²) in [7, 11) is 0. The summed E-state index contributed by atoms with van der Waals surface area (Å²) >= 11 is 0. The number of hydrogen-bond acceptors (Lipinski definition) is 4. The lowest BCUT2D eigenvalue weighted by Crippen LogP contribution is -2.06. The Morgan fingerprint density at radius 1 is 0.913 bits per heavy atom. The molecule has 0 atom stereocenters. The Balaban J connectivity index is 1.71. The van der Waals surface area contributed by atoms with Crippen LogP contribution in [0.3, 0.4) is 0 Å². The predicted molar refractivity (Wildman–Crippen MR) is 92.3 cm³/mol. The third kappa shape index (κ3) is 3.11. The van der Waals surface area contributed by atoms with Gasteiger partial charge in [-0.05, 0) is 47.6 Å². The van der Waals surface area contributed by atoms with Gasteiger partial charge in [0.05, 0.1) is 5.69 Å². The van der Waals surface area contributed by atoms with Crippen LogP contribution in [0, 0.1) is 0 Å². The molecule has 23 heavy (non-hydrogen) atoms. The fourth-order valence-corrected chi connectivity index (χ4v) is 3.50. The van der Waals surface area contributed by atoms with Gasteiger partial charge in [-0.2, -0.15) is 0 Å². The largest absolute Gasteiger partial charge is 0.368 e. The van der Waals surface area contributed by atoms with Gasteiger partial charge in [-0.25, -0.2) is 0 Å². The Hall–Kier alpha value is -2.23. The van der Waals surface area contributed by atoms with Gasteiger partial charge in [0.1, 0.15) is 0 Å². The Bertz CT molecular complexity index is 736. The fraction of sp³-hybridized carbons (Fsp3) is 0.421. The van der Waals surface area contributed by atoms with Gasteiger partial charge in [0, 0.05) is 18.2 Å². The molecule has 0 amide bonds.